The summed E-state index contributed by atoms with van der Waals surface area (Å²) in [6, 6.07) is 7.68. The van der Waals surface area contributed by atoms with Crippen LogP contribution in [0.15, 0.2) is 35.0 Å². The van der Waals surface area contributed by atoms with E-state index in [4.69, 9.17) is 9.15 Å². The summed E-state index contributed by atoms with van der Waals surface area (Å²) in [5.41, 5.74) is 2.18. The maximum Gasteiger partial charge on any atom is 0.307 e. The van der Waals surface area contributed by atoms with Crippen LogP contribution in [0.3, 0.4) is 0 Å². The third-order valence-electron chi connectivity index (χ3n) is 3.90. The molecule has 6 heteroatoms. The molecule has 120 valence electrons. The van der Waals surface area contributed by atoms with Crippen molar-refractivity contribution in [3.05, 3.63) is 30.6 Å². The normalized spacial score (nSPS) is 12.5. The van der Waals surface area contributed by atoms with Gasteiger partial charge >= 0.3 is 5.97 Å². The van der Waals surface area contributed by atoms with Crippen molar-refractivity contribution in [1.29, 1.82) is 0 Å². The molecule has 6 nitrogen and oxygen atoms in total. The Morgan fingerprint density at radius 1 is 1.35 bits per heavy atom. The Hall–Kier alpha value is -2.63. The Bertz CT molecular complexity index is 843. The molecular weight excluding hydrogens is 294 g/mol. The second-order valence-electron chi connectivity index (χ2n) is 5.44. The molecule has 0 aliphatic rings. The smallest absolute Gasteiger partial charge is 0.307 e. The number of anilines is 1. The van der Waals surface area contributed by atoms with Gasteiger partial charge < -0.3 is 14.1 Å². The molecule has 1 unspecified atom stereocenters. The van der Waals surface area contributed by atoms with E-state index in [1.807, 2.05) is 43.1 Å². The number of furan rings is 1. The standard InChI is InChI=1S/C17H19N3O3/c1-4-22-14(21)9-11(2)20(3)17-16-15(18-10-19-17)12-7-5-6-8-13(12)23-16/h5-8,10-11H,4,9H2,1-3H3. The molecule has 0 saturated heterocycles. The van der Waals surface area contributed by atoms with Crippen LogP contribution in [0, 0.1) is 0 Å². The summed E-state index contributed by atoms with van der Waals surface area (Å²) in [5, 5.41) is 0.956. The van der Waals surface area contributed by atoms with Gasteiger partial charge in [0, 0.05) is 18.5 Å². The van der Waals surface area contributed by atoms with Gasteiger partial charge in [0.1, 0.15) is 17.4 Å². The van der Waals surface area contributed by atoms with Crippen molar-refractivity contribution in [3.8, 4) is 0 Å². The first-order chi connectivity index (χ1) is 11.1. The van der Waals surface area contributed by atoms with Gasteiger partial charge in [-0.15, -0.1) is 0 Å². The summed E-state index contributed by atoms with van der Waals surface area (Å²) >= 11 is 0. The van der Waals surface area contributed by atoms with E-state index in [2.05, 4.69) is 9.97 Å². The van der Waals surface area contributed by atoms with E-state index < -0.39 is 0 Å². The number of esters is 1. The molecule has 0 amide bonds. The Morgan fingerprint density at radius 3 is 2.91 bits per heavy atom. The van der Waals surface area contributed by atoms with Crippen LogP contribution in [-0.4, -0.2) is 35.6 Å². The lowest BCUT2D eigenvalue weighted by Crippen LogP contribution is -2.32. The van der Waals surface area contributed by atoms with Crippen molar-refractivity contribution in [2.45, 2.75) is 26.3 Å². The summed E-state index contributed by atoms with van der Waals surface area (Å²) in [6.07, 6.45) is 1.81. The number of hydrogen-bond donors (Lipinski definition) is 0. The molecule has 0 N–H and O–H groups in total. The molecule has 3 aromatic rings. The van der Waals surface area contributed by atoms with Crippen LogP contribution in [0.25, 0.3) is 22.1 Å². The largest absolute Gasteiger partial charge is 0.466 e. The van der Waals surface area contributed by atoms with Crippen molar-refractivity contribution >= 4 is 33.9 Å². The average molecular weight is 313 g/mol. The molecule has 1 aromatic carbocycles. The van der Waals surface area contributed by atoms with Crippen LogP contribution in [0.5, 0.6) is 0 Å². The molecule has 23 heavy (non-hydrogen) atoms. The fourth-order valence-electron chi connectivity index (χ4n) is 2.57. The Kier molecular flexibility index (Phi) is 4.14. The maximum atomic E-state index is 11.7. The molecule has 0 saturated carbocycles. The van der Waals surface area contributed by atoms with Gasteiger partial charge in [0.15, 0.2) is 11.4 Å². The van der Waals surface area contributed by atoms with Gasteiger partial charge in [0.05, 0.1) is 13.0 Å². The topological polar surface area (TPSA) is 68.5 Å². The van der Waals surface area contributed by atoms with Crippen LogP contribution in [-0.2, 0) is 9.53 Å². The Balaban J connectivity index is 1.97. The number of para-hydroxylation sites is 1. The summed E-state index contributed by atoms with van der Waals surface area (Å²) in [7, 11) is 1.89. The van der Waals surface area contributed by atoms with Crippen molar-refractivity contribution in [1.82, 2.24) is 9.97 Å². The predicted molar refractivity (Wildman–Crippen MR) is 88.4 cm³/mol. The molecule has 0 bridgehead atoms. The molecular formula is C17H19N3O3. The molecule has 2 heterocycles. The highest BCUT2D eigenvalue weighted by atomic mass is 16.5. The van der Waals surface area contributed by atoms with Crippen molar-refractivity contribution in [2.75, 3.05) is 18.6 Å². The number of hydrogen-bond acceptors (Lipinski definition) is 6. The third kappa shape index (κ3) is 2.84. The minimum Gasteiger partial charge on any atom is -0.466 e. The zero-order valence-corrected chi connectivity index (χ0v) is 13.4. The molecule has 0 spiro atoms. The van der Waals surface area contributed by atoms with Crippen LogP contribution in [0.2, 0.25) is 0 Å². The van der Waals surface area contributed by atoms with Gasteiger partial charge in [0.25, 0.3) is 0 Å². The average Bonchev–Trinajstić information content (AvgIpc) is 2.93. The number of rotatable bonds is 5. The number of aromatic nitrogens is 2. The van der Waals surface area contributed by atoms with E-state index >= 15 is 0 Å². The van der Waals surface area contributed by atoms with Crippen molar-refractivity contribution in [2.24, 2.45) is 0 Å². The monoisotopic (exact) mass is 313 g/mol. The first-order valence-electron chi connectivity index (χ1n) is 7.62. The number of fused-ring (bicyclic) bond motifs is 3. The first kappa shape index (κ1) is 15.3. The number of carbonyl (C=O) groups excluding carboxylic acids is 1. The SMILES string of the molecule is CCOC(=O)CC(C)N(C)c1ncnc2c1oc1ccccc12. The van der Waals surface area contributed by atoms with Crippen LogP contribution < -0.4 is 4.90 Å². The lowest BCUT2D eigenvalue weighted by atomic mass is 10.2. The maximum absolute atomic E-state index is 11.7. The second-order valence-corrected chi connectivity index (χ2v) is 5.44. The Morgan fingerprint density at radius 2 is 2.13 bits per heavy atom. The van der Waals surface area contributed by atoms with Crippen molar-refractivity contribution < 1.29 is 13.9 Å². The summed E-state index contributed by atoms with van der Waals surface area (Å²) < 4.78 is 10.9. The Labute approximate surface area is 134 Å². The van der Waals surface area contributed by atoms with Gasteiger partial charge in [-0.25, -0.2) is 9.97 Å². The molecule has 0 radical (unpaired) electrons. The lowest BCUT2D eigenvalue weighted by molar-refractivity contribution is -0.143. The van der Waals surface area contributed by atoms with E-state index in [-0.39, 0.29) is 18.4 Å². The highest BCUT2D eigenvalue weighted by Gasteiger charge is 2.21. The van der Waals surface area contributed by atoms with Gasteiger partial charge in [-0.2, -0.15) is 0 Å². The van der Waals surface area contributed by atoms with Gasteiger partial charge in [-0.3, -0.25) is 4.79 Å². The van der Waals surface area contributed by atoms with E-state index in [9.17, 15) is 4.79 Å². The quantitative estimate of drug-likeness (QED) is 0.674. The van der Waals surface area contributed by atoms with E-state index in [1.165, 1.54) is 6.33 Å². The molecule has 0 aliphatic heterocycles. The zero-order valence-electron chi connectivity index (χ0n) is 13.4. The van der Waals surface area contributed by atoms with Gasteiger partial charge in [-0.05, 0) is 26.0 Å². The summed E-state index contributed by atoms with van der Waals surface area (Å²) in [5.74, 6) is 0.449. The number of ether oxygens (including phenoxy) is 1. The van der Waals surface area contributed by atoms with Crippen LogP contribution in [0.1, 0.15) is 20.3 Å². The highest BCUT2D eigenvalue weighted by Crippen LogP contribution is 2.32. The zero-order chi connectivity index (χ0) is 16.4. The second kappa shape index (κ2) is 6.24. The number of benzene rings is 1. The number of nitrogens with zero attached hydrogens (tertiary/aromatic N) is 3. The van der Waals surface area contributed by atoms with Crippen LogP contribution in [0.4, 0.5) is 5.82 Å². The lowest BCUT2D eigenvalue weighted by Gasteiger charge is -2.24. The number of carbonyl (C=O) groups is 1. The minimum absolute atomic E-state index is 0.0691. The molecule has 0 fully saturated rings. The summed E-state index contributed by atoms with van der Waals surface area (Å²) in [6.45, 7) is 4.14. The first-order valence-corrected chi connectivity index (χ1v) is 7.62. The minimum atomic E-state index is -0.221. The molecule has 2 aromatic heterocycles. The van der Waals surface area contributed by atoms with Gasteiger partial charge in [-0.1, -0.05) is 12.1 Å². The molecule has 1 atom stereocenters. The third-order valence-corrected chi connectivity index (χ3v) is 3.90. The van der Waals surface area contributed by atoms with Crippen LogP contribution >= 0.6 is 0 Å². The molecule has 0 aliphatic carbocycles. The van der Waals surface area contributed by atoms with E-state index in [1.54, 1.807) is 6.92 Å². The van der Waals surface area contributed by atoms with Gasteiger partial charge in [0.2, 0.25) is 0 Å². The van der Waals surface area contributed by atoms with E-state index in [0.717, 1.165) is 16.5 Å². The molecule has 3 rings (SSSR count). The fraction of sp³-hybridized carbons (Fsp3) is 0.353. The summed E-state index contributed by atoms with van der Waals surface area (Å²) in [4.78, 5) is 22.3. The predicted octanol–water partition coefficient (Wildman–Crippen LogP) is 3.15. The van der Waals surface area contributed by atoms with Crippen molar-refractivity contribution in [3.63, 3.8) is 0 Å². The van der Waals surface area contributed by atoms with E-state index in [0.29, 0.717) is 18.0 Å². The highest BCUT2D eigenvalue weighted by molar-refractivity contribution is 6.05. The fourth-order valence-corrected chi connectivity index (χ4v) is 2.57.